The highest BCUT2D eigenvalue weighted by Crippen LogP contribution is 2.34. The normalized spacial score (nSPS) is 13.6. The third-order valence-corrected chi connectivity index (χ3v) is 5.96. The number of anilines is 2. The average molecular weight is 464 g/mol. The minimum atomic E-state index is -0.455. The van der Waals surface area contributed by atoms with Crippen molar-refractivity contribution in [2.75, 3.05) is 43.1 Å². The Morgan fingerprint density at radius 2 is 1.94 bits per heavy atom. The molecule has 1 N–H and O–H groups in total. The highest BCUT2D eigenvalue weighted by molar-refractivity contribution is 6.05. The van der Waals surface area contributed by atoms with Crippen LogP contribution in [0, 0.1) is 12.7 Å². The zero-order valence-electron chi connectivity index (χ0n) is 19.9. The molecule has 1 aliphatic rings. The minimum absolute atomic E-state index is 0.184. The monoisotopic (exact) mass is 463 g/mol. The number of aromatic nitrogens is 1. The summed E-state index contributed by atoms with van der Waals surface area (Å²) in [6, 6.07) is 12.3. The molecule has 178 valence electrons. The Morgan fingerprint density at radius 1 is 1.15 bits per heavy atom. The number of carbonyl (C=O) groups is 1. The molecule has 3 aromatic rings. The third-order valence-electron chi connectivity index (χ3n) is 5.96. The van der Waals surface area contributed by atoms with Crippen LogP contribution in [0.25, 0.3) is 11.1 Å². The van der Waals surface area contributed by atoms with E-state index in [0.29, 0.717) is 31.3 Å². The summed E-state index contributed by atoms with van der Waals surface area (Å²) in [6.07, 6.45) is 2.53. The van der Waals surface area contributed by atoms with Gasteiger partial charge in [0.15, 0.2) is 0 Å². The summed E-state index contributed by atoms with van der Waals surface area (Å²) in [6.45, 7) is 9.26. The van der Waals surface area contributed by atoms with Crippen molar-refractivity contribution in [3.8, 4) is 17.0 Å². The fraction of sp³-hybridized carbons (Fsp3) is 0.333. The van der Waals surface area contributed by atoms with Crippen LogP contribution in [0.4, 0.5) is 15.8 Å². The fourth-order valence-electron chi connectivity index (χ4n) is 4.02. The van der Waals surface area contributed by atoms with Gasteiger partial charge in [-0.05, 0) is 67.3 Å². The van der Waals surface area contributed by atoms with Crippen molar-refractivity contribution in [3.05, 3.63) is 71.2 Å². The number of pyridine rings is 1. The van der Waals surface area contributed by atoms with E-state index in [1.54, 1.807) is 24.4 Å². The van der Waals surface area contributed by atoms with E-state index in [9.17, 15) is 9.18 Å². The first-order valence-corrected chi connectivity index (χ1v) is 11.7. The first-order valence-electron chi connectivity index (χ1n) is 11.7. The maximum Gasteiger partial charge on any atom is 0.255 e. The first-order chi connectivity index (χ1) is 16.5. The maximum absolute atomic E-state index is 14.3. The van der Waals surface area contributed by atoms with Crippen molar-refractivity contribution in [3.63, 3.8) is 0 Å². The molecule has 0 spiro atoms. The Balaban J connectivity index is 1.66. The van der Waals surface area contributed by atoms with Gasteiger partial charge >= 0.3 is 0 Å². The molecule has 1 saturated heterocycles. The molecule has 1 aliphatic heterocycles. The molecule has 0 aliphatic carbocycles. The van der Waals surface area contributed by atoms with E-state index >= 15 is 0 Å². The molecule has 4 rings (SSSR count). The topological polar surface area (TPSA) is 63.7 Å². The number of hydrogen-bond donors (Lipinski definition) is 1. The van der Waals surface area contributed by atoms with Crippen molar-refractivity contribution in [1.82, 2.24) is 4.98 Å². The van der Waals surface area contributed by atoms with Gasteiger partial charge in [-0.25, -0.2) is 9.37 Å². The lowest BCUT2D eigenvalue weighted by Gasteiger charge is -2.30. The van der Waals surface area contributed by atoms with E-state index in [1.807, 2.05) is 32.9 Å². The predicted octanol–water partition coefficient (Wildman–Crippen LogP) is 5.25. The molecule has 0 bridgehead atoms. The van der Waals surface area contributed by atoms with Gasteiger partial charge in [0.2, 0.25) is 5.88 Å². The van der Waals surface area contributed by atoms with Crippen LogP contribution < -0.4 is 15.0 Å². The molecule has 0 unspecified atom stereocenters. The maximum atomic E-state index is 14.3. The van der Waals surface area contributed by atoms with Gasteiger partial charge in [-0.3, -0.25) is 4.79 Å². The van der Waals surface area contributed by atoms with E-state index in [2.05, 4.69) is 21.3 Å². The Labute approximate surface area is 199 Å². The number of rotatable bonds is 7. The molecule has 7 heteroatoms. The van der Waals surface area contributed by atoms with Gasteiger partial charge in [0.25, 0.3) is 5.91 Å². The molecule has 2 aromatic carbocycles. The van der Waals surface area contributed by atoms with Crippen LogP contribution in [-0.2, 0) is 11.2 Å². The molecule has 1 aromatic heterocycles. The molecule has 6 nitrogen and oxygen atoms in total. The lowest BCUT2D eigenvalue weighted by molar-refractivity contribution is 0.102. The smallest absolute Gasteiger partial charge is 0.255 e. The number of ether oxygens (including phenoxy) is 2. The Morgan fingerprint density at radius 3 is 2.68 bits per heavy atom. The summed E-state index contributed by atoms with van der Waals surface area (Å²) in [5.41, 5.74) is 5.28. The second-order valence-corrected chi connectivity index (χ2v) is 8.23. The SMILES string of the molecule is CCOc1ncc(-c2cc(C(=O)Nc3cc(CC)ccc3F)ccc2C)cc1N1CCOCC1. The van der Waals surface area contributed by atoms with Gasteiger partial charge in [0.05, 0.1) is 25.5 Å². The molecular weight excluding hydrogens is 433 g/mol. The van der Waals surface area contributed by atoms with E-state index in [-0.39, 0.29) is 11.6 Å². The number of aryl methyl sites for hydroxylation is 2. The lowest BCUT2D eigenvalue weighted by atomic mass is 9.98. The Hall–Kier alpha value is -3.45. The van der Waals surface area contributed by atoms with Crippen molar-refractivity contribution in [1.29, 1.82) is 0 Å². The van der Waals surface area contributed by atoms with Gasteiger partial charge in [-0.15, -0.1) is 0 Å². The number of nitrogens with one attached hydrogen (secondary N) is 1. The number of hydrogen-bond acceptors (Lipinski definition) is 5. The zero-order valence-corrected chi connectivity index (χ0v) is 19.9. The van der Waals surface area contributed by atoms with Crippen molar-refractivity contribution in [2.24, 2.45) is 0 Å². The predicted molar refractivity (Wildman–Crippen MR) is 132 cm³/mol. The standard InChI is InChI=1S/C27H30FN3O3/c1-4-19-7-9-23(28)24(14-19)30-26(32)20-8-6-18(3)22(15-20)21-16-25(27(29-17-21)34-5-2)31-10-12-33-13-11-31/h6-9,14-17H,4-5,10-13H2,1-3H3,(H,30,32). The van der Waals surface area contributed by atoms with Crippen molar-refractivity contribution < 1.29 is 18.7 Å². The van der Waals surface area contributed by atoms with Crippen molar-refractivity contribution in [2.45, 2.75) is 27.2 Å². The quantitative estimate of drug-likeness (QED) is 0.519. The number of benzene rings is 2. The molecule has 0 saturated carbocycles. The molecular formula is C27H30FN3O3. The van der Waals surface area contributed by atoms with Crippen LogP contribution >= 0.6 is 0 Å². The van der Waals surface area contributed by atoms with Gasteiger partial charge in [0, 0.05) is 30.4 Å². The summed E-state index contributed by atoms with van der Waals surface area (Å²) in [5, 5.41) is 2.72. The van der Waals surface area contributed by atoms with Crippen molar-refractivity contribution >= 4 is 17.3 Å². The van der Waals surface area contributed by atoms with Crippen LogP contribution in [0.5, 0.6) is 5.88 Å². The third kappa shape index (κ3) is 5.20. The number of halogens is 1. The van der Waals surface area contributed by atoms with Gasteiger partial charge < -0.3 is 19.7 Å². The van der Waals surface area contributed by atoms with Crippen LogP contribution in [0.15, 0.2) is 48.7 Å². The first kappa shape index (κ1) is 23.7. The van der Waals surface area contributed by atoms with E-state index in [0.717, 1.165) is 47.5 Å². The Kier molecular flexibility index (Phi) is 7.43. The Bertz CT molecular complexity index is 1180. The van der Waals surface area contributed by atoms with Crippen LogP contribution in [0.2, 0.25) is 0 Å². The largest absolute Gasteiger partial charge is 0.476 e. The number of carbonyl (C=O) groups excluding carboxylic acids is 1. The second-order valence-electron chi connectivity index (χ2n) is 8.23. The van der Waals surface area contributed by atoms with Gasteiger partial charge in [0.1, 0.15) is 11.5 Å². The summed E-state index contributed by atoms with van der Waals surface area (Å²) in [5.74, 6) is -0.226. The summed E-state index contributed by atoms with van der Waals surface area (Å²) >= 11 is 0. The van der Waals surface area contributed by atoms with Gasteiger partial charge in [-0.2, -0.15) is 0 Å². The highest BCUT2D eigenvalue weighted by atomic mass is 19.1. The highest BCUT2D eigenvalue weighted by Gasteiger charge is 2.19. The molecule has 1 amide bonds. The van der Waals surface area contributed by atoms with Crippen LogP contribution in [0.1, 0.15) is 35.3 Å². The van der Waals surface area contributed by atoms with Crippen LogP contribution in [0.3, 0.4) is 0 Å². The van der Waals surface area contributed by atoms with Crippen LogP contribution in [-0.4, -0.2) is 43.8 Å². The second kappa shape index (κ2) is 10.7. The number of nitrogens with zero attached hydrogens (tertiary/aromatic N) is 2. The zero-order chi connectivity index (χ0) is 24.1. The molecule has 0 radical (unpaired) electrons. The minimum Gasteiger partial charge on any atom is -0.476 e. The summed E-state index contributed by atoms with van der Waals surface area (Å²) < 4.78 is 25.5. The van der Waals surface area contributed by atoms with E-state index < -0.39 is 5.82 Å². The lowest BCUT2D eigenvalue weighted by Crippen LogP contribution is -2.36. The van der Waals surface area contributed by atoms with E-state index in [1.165, 1.54) is 6.07 Å². The average Bonchev–Trinajstić information content (AvgIpc) is 2.86. The number of morpholine rings is 1. The van der Waals surface area contributed by atoms with E-state index in [4.69, 9.17) is 9.47 Å². The van der Waals surface area contributed by atoms with Gasteiger partial charge in [-0.1, -0.05) is 19.1 Å². The number of amides is 1. The molecule has 2 heterocycles. The summed E-state index contributed by atoms with van der Waals surface area (Å²) in [7, 11) is 0. The molecule has 0 atom stereocenters. The fourth-order valence-corrected chi connectivity index (χ4v) is 4.02. The molecule has 34 heavy (non-hydrogen) atoms. The molecule has 1 fully saturated rings. The summed E-state index contributed by atoms with van der Waals surface area (Å²) in [4.78, 5) is 19.8.